The number of sulfone groups is 1. The van der Waals surface area contributed by atoms with Gasteiger partial charge in [-0.25, -0.2) is 8.42 Å². The van der Waals surface area contributed by atoms with Crippen LogP contribution in [-0.4, -0.2) is 49.2 Å². The Labute approximate surface area is 174 Å². The van der Waals surface area contributed by atoms with E-state index < -0.39 is 9.84 Å². The van der Waals surface area contributed by atoms with E-state index in [1.807, 2.05) is 48.5 Å². The van der Waals surface area contributed by atoms with Gasteiger partial charge in [-0.1, -0.05) is 53.7 Å². The molecule has 2 aliphatic rings. The monoisotopic (exact) mass is 436 g/mol. The van der Waals surface area contributed by atoms with E-state index in [0.717, 1.165) is 27.8 Å². The number of benzene rings is 2. The lowest BCUT2D eigenvalue weighted by molar-refractivity contribution is 0.332. The summed E-state index contributed by atoms with van der Waals surface area (Å²) in [6, 6.07) is 15.3. The van der Waals surface area contributed by atoms with Gasteiger partial charge in [0.25, 0.3) is 0 Å². The Morgan fingerprint density at radius 1 is 1.18 bits per heavy atom. The summed E-state index contributed by atoms with van der Waals surface area (Å²) in [7, 11) is -1.40. The third-order valence-electron chi connectivity index (χ3n) is 5.03. The normalized spacial score (nSPS) is 22.8. The maximum Gasteiger partial charge on any atom is 0.160 e. The van der Waals surface area contributed by atoms with Gasteiger partial charge >= 0.3 is 0 Å². The molecule has 2 heterocycles. The van der Waals surface area contributed by atoms with Gasteiger partial charge in [0.05, 0.1) is 30.7 Å². The minimum atomic E-state index is -3.05. The molecule has 0 saturated carbocycles. The van der Waals surface area contributed by atoms with Gasteiger partial charge in [-0.05, 0) is 23.8 Å². The molecule has 0 N–H and O–H groups in total. The molecular weight excluding hydrogens is 416 g/mol. The second kappa shape index (κ2) is 7.97. The van der Waals surface area contributed by atoms with E-state index >= 15 is 0 Å². The van der Waals surface area contributed by atoms with Crippen LogP contribution in [0.5, 0.6) is 5.75 Å². The number of thioether (sulfide) groups is 1. The van der Waals surface area contributed by atoms with Crippen LogP contribution in [0.15, 0.2) is 53.5 Å². The Balaban J connectivity index is 1.56. The number of halogens is 1. The maximum absolute atomic E-state index is 12.1. The van der Waals surface area contributed by atoms with Gasteiger partial charge in [0.1, 0.15) is 5.75 Å². The molecule has 8 heteroatoms. The molecule has 2 aliphatic heterocycles. The molecule has 4 rings (SSSR count). The first kappa shape index (κ1) is 19.6. The van der Waals surface area contributed by atoms with E-state index in [-0.39, 0.29) is 23.6 Å². The van der Waals surface area contributed by atoms with Crippen LogP contribution in [0.1, 0.15) is 11.1 Å². The number of para-hydroxylation sites is 1. The average molecular weight is 437 g/mol. The number of hydrogen-bond acceptors (Lipinski definition) is 6. The van der Waals surface area contributed by atoms with Crippen molar-refractivity contribution in [1.82, 2.24) is 4.90 Å². The molecule has 5 nitrogen and oxygen atoms in total. The molecule has 2 unspecified atom stereocenters. The Kier molecular flexibility index (Phi) is 5.58. The SMILES string of the molecule is COc1ccccc1CN1C(SCc2ccc(Cl)cc2)=NC2CS(=O)(=O)CC21. The molecule has 0 spiro atoms. The van der Waals surface area contributed by atoms with Crippen LogP contribution >= 0.6 is 23.4 Å². The minimum Gasteiger partial charge on any atom is -0.496 e. The Hall–Kier alpha value is -1.70. The Morgan fingerprint density at radius 2 is 1.93 bits per heavy atom. The van der Waals surface area contributed by atoms with E-state index in [0.29, 0.717) is 11.6 Å². The molecule has 0 aromatic heterocycles. The largest absolute Gasteiger partial charge is 0.496 e. The van der Waals surface area contributed by atoms with Gasteiger partial charge < -0.3 is 9.64 Å². The Morgan fingerprint density at radius 3 is 2.68 bits per heavy atom. The van der Waals surface area contributed by atoms with E-state index in [9.17, 15) is 8.42 Å². The molecule has 1 fully saturated rings. The molecule has 1 saturated heterocycles. The van der Waals surface area contributed by atoms with Crippen LogP contribution in [0, 0.1) is 0 Å². The highest BCUT2D eigenvalue weighted by atomic mass is 35.5. The summed E-state index contributed by atoms with van der Waals surface area (Å²) in [6.07, 6.45) is 0. The zero-order valence-corrected chi connectivity index (χ0v) is 17.8. The molecule has 2 aromatic carbocycles. The van der Waals surface area contributed by atoms with Crippen molar-refractivity contribution in [3.8, 4) is 5.75 Å². The summed E-state index contributed by atoms with van der Waals surface area (Å²) in [6.45, 7) is 0.577. The van der Waals surface area contributed by atoms with Crippen molar-refractivity contribution in [1.29, 1.82) is 0 Å². The van der Waals surface area contributed by atoms with E-state index in [1.54, 1.807) is 18.9 Å². The van der Waals surface area contributed by atoms with Crippen LogP contribution in [0.25, 0.3) is 0 Å². The lowest BCUT2D eigenvalue weighted by atomic mass is 10.1. The fourth-order valence-electron chi connectivity index (χ4n) is 3.64. The second-order valence-corrected chi connectivity index (χ2v) is 10.5. The van der Waals surface area contributed by atoms with Gasteiger partial charge in [-0.2, -0.15) is 0 Å². The van der Waals surface area contributed by atoms with E-state index in [2.05, 4.69) is 4.90 Å². The van der Waals surface area contributed by atoms with Crippen LogP contribution < -0.4 is 4.74 Å². The molecule has 0 aliphatic carbocycles. The quantitative estimate of drug-likeness (QED) is 0.716. The van der Waals surface area contributed by atoms with Crippen LogP contribution in [0.3, 0.4) is 0 Å². The number of methoxy groups -OCH3 is 1. The second-order valence-electron chi connectivity index (χ2n) is 6.98. The lowest BCUT2D eigenvalue weighted by Gasteiger charge is -2.27. The number of amidine groups is 1. The Bertz CT molecular complexity index is 993. The van der Waals surface area contributed by atoms with Crippen LogP contribution in [0.4, 0.5) is 0 Å². The van der Waals surface area contributed by atoms with Gasteiger partial charge in [0.15, 0.2) is 15.0 Å². The van der Waals surface area contributed by atoms with Crippen molar-refractivity contribution in [3.63, 3.8) is 0 Å². The number of nitrogens with zero attached hydrogens (tertiary/aromatic N) is 2. The summed E-state index contributed by atoms with van der Waals surface area (Å²) in [4.78, 5) is 6.90. The number of hydrogen-bond donors (Lipinski definition) is 0. The maximum atomic E-state index is 12.1. The topological polar surface area (TPSA) is 59.0 Å². The van der Waals surface area contributed by atoms with E-state index in [1.165, 1.54) is 0 Å². The van der Waals surface area contributed by atoms with Crippen molar-refractivity contribution in [2.75, 3.05) is 18.6 Å². The predicted molar refractivity (Wildman–Crippen MR) is 115 cm³/mol. The molecule has 148 valence electrons. The van der Waals surface area contributed by atoms with Crippen molar-refractivity contribution < 1.29 is 13.2 Å². The average Bonchev–Trinajstić information content (AvgIpc) is 3.14. The standard InChI is InChI=1S/C20H21ClN2O3S2/c1-26-19-5-3-2-4-15(19)10-23-18-13-28(24,25)12-17(18)22-20(23)27-11-14-6-8-16(21)9-7-14/h2-9,17-18H,10-13H2,1H3. The predicted octanol–water partition coefficient (Wildman–Crippen LogP) is 3.62. The molecule has 28 heavy (non-hydrogen) atoms. The molecule has 2 atom stereocenters. The van der Waals surface area contributed by atoms with Crippen molar-refractivity contribution >= 4 is 38.4 Å². The first-order valence-corrected chi connectivity index (χ1v) is 12.2. The number of fused-ring (bicyclic) bond motifs is 1. The number of rotatable bonds is 5. The summed E-state index contributed by atoms with van der Waals surface area (Å²) >= 11 is 7.60. The van der Waals surface area contributed by atoms with Crippen LogP contribution in [0.2, 0.25) is 5.02 Å². The fraction of sp³-hybridized carbons (Fsp3) is 0.350. The lowest BCUT2D eigenvalue weighted by Crippen LogP contribution is -2.38. The highest BCUT2D eigenvalue weighted by Gasteiger charge is 2.46. The van der Waals surface area contributed by atoms with Gasteiger partial charge in [0, 0.05) is 22.9 Å². The third kappa shape index (κ3) is 4.16. The molecule has 2 aromatic rings. The van der Waals surface area contributed by atoms with Crippen LogP contribution in [-0.2, 0) is 22.1 Å². The first-order valence-electron chi connectivity index (χ1n) is 8.99. The fourth-order valence-corrected chi connectivity index (χ4v) is 6.71. The third-order valence-corrected chi connectivity index (χ3v) is 8.06. The van der Waals surface area contributed by atoms with Gasteiger partial charge in [-0.3, -0.25) is 4.99 Å². The molecule has 0 radical (unpaired) electrons. The van der Waals surface area contributed by atoms with E-state index in [4.69, 9.17) is 21.3 Å². The zero-order valence-electron chi connectivity index (χ0n) is 15.4. The highest BCUT2D eigenvalue weighted by molar-refractivity contribution is 8.13. The highest BCUT2D eigenvalue weighted by Crippen LogP contribution is 2.34. The molecular formula is C20H21ClN2O3S2. The smallest absolute Gasteiger partial charge is 0.160 e. The number of ether oxygens (including phenoxy) is 1. The number of aliphatic imine (C=N–C) groups is 1. The molecule has 0 amide bonds. The summed E-state index contributed by atoms with van der Waals surface area (Å²) in [5.74, 6) is 1.84. The zero-order chi connectivity index (χ0) is 19.7. The summed E-state index contributed by atoms with van der Waals surface area (Å²) in [5.41, 5.74) is 2.17. The first-order chi connectivity index (χ1) is 13.4. The molecule has 0 bridgehead atoms. The summed E-state index contributed by atoms with van der Waals surface area (Å²) in [5, 5.41) is 1.61. The van der Waals surface area contributed by atoms with Crippen molar-refractivity contribution in [2.24, 2.45) is 4.99 Å². The van der Waals surface area contributed by atoms with Gasteiger partial charge in [-0.15, -0.1) is 0 Å². The van der Waals surface area contributed by atoms with Gasteiger partial charge in [0.2, 0.25) is 0 Å². The summed E-state index contributed by atoms with van der Waals surface area (Å²) < 4.78 is 29.8. The minimum absolute atomic E-state index is 0.109. The van der Waals surface area contributed by atoms with Crippen molar-refractivity contribution in [2.45, 2.75) is 24.4 Å². The van der Waals surface area contributed by atoms with Crippen molar-refractivity contribution in [3.05, 3.63) is 64.7 Å².